The van der Waals surface area contributed by atoms with Gasteiger partial charge in [-0.3, -0.25) is 9.69 Å². The number of benzene rings is 2. The maximum atomic E-state index is 12.4. The molecule has 1 N–H and O–H groups in total. The van der Waals surface area contributed by atoms with Gasteiger partial charge in [0.2, 0.25) is 0 Å². The molecule has 3 heterocycles. The number of ether oxygens (including phenoxy) is 1. The summed E-state index contributed by atoms with van der Waals surface area (Å²) in [5.74, 6) is 0. The van der Waals surface area contributed by atoms with E-state index in [1.165, 1.54) is 5.56 Å². The van der Waals surface area contributed by atoms with E-state index in [9.17, 15) is 4.79 Å². The maximum Gasteiger partial charge on any atom is 0.256 e. The molecule has 0 amide bonds. The molecule has 4 aromatic rings. The van der Waals surface area contributed by atoms with Crippen LogP contribution in [-0.4, -0.2) is 36.2 Å². The summed E-state index contributed by atoms with van der Waals surface area (Å²) in [7, 11) is 0. The summed E-state index contributed by atoms with van der Waals surface area (Å²) < 4.78 is 11.5. The van der Waals surface area contributed by atoms with Crippen LogP contribution in [0.1, 0.15) is 5.56 Å². The Balaban J connectivity index is 1.67. The zero-order valence-electron chi connectivity index (χ0n) is 13.7. The van der Waals surface area contributed by atoms with Gasteiger partial charge < -0.3 is 14.1 Å². The van der Waals surface area contributed by atoms with Crippen LogP contribution in [0.5, 0.6) is 0 Å². The quantitative estimate of drug-likeness (QED) is 0.611. The van der Waals surface area contributed by atoms with Crippen molar-refractivity contribution in [1.29, 1.82) is 0 Å². The minimum Gasteiger partial charge on any atom is -0.454 e. The zero-order chi connectivity index (χ0) is 16.8. The van der Waals surface area contributed by atoms with Crippen LogP contribution in [0.4, 0.5) is 0 Å². The molecule has 0 radical (unpaired) electrons. The van der Waals surface area contributed by atoms with E-state index in [0.717, 1.165) is 60.3 Å². The monoisotopic (exact) mass is 334 g/mol. The fourth-order valence-electron chi connectivity index (χ4n) is 3.63. The highest BCUT2D eigenvalue weighted by atomic mass is 16.5. The topological polar surface area (TPSA) is 58.5 Å². The molecule has 2 aromatic heterocycles. The van der Waals surface area contributed by atoms with E-state index < -0.39 is 0 Å². The summed E-state index contributed by atoms with van der Waals surface area (Å²) in [6.45, 7) is 4.35. The molecule has 126 valence electrons. The molecule has 0 saturated carbocycles. The van der Waals surface area contributed by atoms with Gasteiger partial charge in [-0.1, -0.05) is 24.3 Å². The second kappa shape index (κ2) is 5.72. The third kappa shape index (κ3) is 2.44. The van der Waals surface area contributed by atoms with Gasteiger partial charge in [0.15, 0.2) is 5.58 Å². The van der Waals surface area contributed by atoms with E-state index in [2.05, 4.69) is 22.0 Å². The number of furan rings is 1. The van der Waals surface area contributed by atoms with Gasteiger partial charge in [0.25, 0.3) is 5.56 Å². The Morgan fingerprint density at radius 2 is 1.80 bits per heavy atom. The predicted molar refractivity (Wildman–Crippen MR) is 97.9 cm³/mol. The largest absolute Gasteiger partial charge is 0.454 e. The summed E-state index contributed by atoms with van der Waals surface area (Å²) in [5.41, 5.74) is 3.46. The molecule has 25 heavy (non-hydrogen) atoms. The highest BCUT2D eigenvalue weighted by Gasteiger charge is 2.15. The number of rotatable bonds is 2. The first-order valence-corrected chi connectivity index (χ1v) is 8.56. The number of aromatic nitrogens is 1. The molecule has 1 saturated heterocycles. The number of hydrogen-bond acceptors (Lipinski definition) is 4. The Bertz CT molecular complexity index is 1140. The van der Waals surface area contributed by atoms with Crippen LogP contribution < -0.4 is 5.56 Å². The molecule has 0 spiro atoms. The van der Waals surface area contributed by atoms with Crippen LogP contribution in [0.15, 0.2) is 51.7 Å². The van der Waals surface area contributed by atoms with Gasteiger partial charge in [-0.2, -0.15) is 0 Å². The Hall–Kier alpha value is -2.63. The minimum atomic E-state index is -0.0793. The van der Waals surface area contributed by atoms with Crippen LogP contribution in [0, 0.1) is 0 Å². The van der Waals surface area contributed by atoms with Crippen LogP contribution >= 0.6 is 0 Å². The molecule has 5 rings (SSSR count). The van der Waals surface area contributed by atoms with Crippen molar-refractivity contribution in [2.24, 2.45) is 0 Å². The fraction of sp³-hybridized carbons (Fsp3) is 0.250. The molecule has 2 aromatic carbocycles. The van der Waals surface area contributed by atoms with Crippen LogP contribution in [-0.2, 0) is 11.3 Å². The molecule has 1 aliphatic rings. The molecule has 0 unspecified atom stereocenters. The summed E-state index contributed by atoms with van der Waals surface area (Å²) in [6, 6.07) is 13.8. The van der Waals surface area contributed by atoms with Crippen LogP contribution in [0.3, 0.4) is 0 Å². The van der Waals surface area contributed by atoms with Gasteiger partial charge in [0.05, 0.1) is 24.1 Å². The third-order valence-electron chi connectivity index (χ3n) is 4.92. The maximum absolute atomic E-state index is 12.4. The Kier molecular flexibility index (Phi) is 3.36. The van der Waals surface area contributed by atoms with Gasteiger partial charge in [0.1, 0.15) is 5.58 Å². The smallest absolute Gasteiger partial charge is 0.256 e. The number of hydrogen-bond donors (Lipinski definition) is 1. The Labute approximate surface area is 143 Å². The van der Waals surface area contributed by atoms with E-state index in [-0.39, 0.29) is 5.56 Å². The van der Waals surface area contributed by atoms with Gasteiger partial charge in [-0.05, 0) is 23.8 Å². The van der Waals surface area contributed by atoms with Crippen LogP contribution in [0.2, 0.25) is 0 Å². The lowest BCUT2D eigenvalue weighted by Gasteiger charge is -2.26. The molecule has 1 fully saturated rings. The van der Waals surface area contributed by atoms with Crippen molar-refractivity contribution in [3.63, 3.8) is 0 Å². The van der Waals surface area contributed by atoms with Gasteiger partial charge in [-0.25, -0.2) is 0 Å². The predicted octanol–water partition coefficient (Wildman–Crippen LogP) is 3.26. The molecule has 5 heteroatoms. The number of nitrogens with zero attached hydrogens (tertiary/aromatic N) is 1. The van der Waals surface area contributed by atoms with E-state index >= 15 is 0 Å². The van der Waals surface area contributed by atoms with E-state index in [1.807, 2.05) is 30.3 Å². The summed E-state index contributed by atoms with van der Waals surface area (Å²) in [5, 5.41) is 2.47. The Morgan fingerprint density at radius 1 is 1.00 bits per heavy atom. The summed E-state index contributed by atoms with van der Waals surface area (Å²) in [6.07, 6.45) is 0. The number of pyridine rings is 1. The summed E-state index contributed by atoms with van der Waals surface area (Å²) >= 11 is 0. The van der Waals surface area contributed by atoms with E-state index in [1.54, 1.807) is 0 Å². The first kappa shape index (κ1) is 14.7. The molecule has 0 aliphatic carbocycles. The van der Waals surface area contributed by atoms with Gasteiger partial charge in [-0.15, -0.1) is 0 Å². The lowest BCUT2D eigenvalue weighted by atomic mass is 10.1. The number of nitrogens with one attached hydrogen (secondary N) is 1. The fourth-order valence-corrected chi connectivity index (χ4v) is 3.63. The number of morpholine rings is 1. The molecular weight excluding hydrogens is 316 g/mol. The highest BCUT2D eigenvalue weighted by molar-refractivity contribution is 6.12. The molecule has 1 aliphatic heterocycles. The lowest BCUT2D eigenvalue weighted by molar-refractivity contribution is 0.0342. The zero-order valence-corrected chi connectivity index (χ0v) is 13.7. The normalized spacial score (nSPS) is 16.2. The third-order valence-corrected chi connectivity index (χ3v) is 4.92. The molecule has 5 nitrogen and oxygen atoms in total. The van der Waals surface area contributed by atoms with Crippen molar-refractivity contribution in [3.8, 4) is 0 Å². The van der Waals surface area contributed by atoms with Crippen molar-refractivity contribution in [3.05, 3.63) is 58.4 Å². The molecular formula is C20H18N2O3. The minimum absolute atomic E-state index is 0.0793. The SMILES string of the molecule is O=c1[nH]c2c3cc(CN4CCOCC4)ccc3oc2c2ccccc12. The van der Waals surface area contributed by atoms with Crippen molar-refractivity contribution >= 4 is 32.8 Å². The number of H-pyrrole nitrogens is 1. The number of aromatic amines is 1. The second-order valence-corrected chi connectivity index (χ2v) is 6.52. The second-order valence-electron chi connectivity index (χ2n) is 6.52. The van der Waals surface area contributed by atoms with Crippen molar-refractivity contribution in [1.82, 2.24) is 9.88 Å². The first-order valence-electron chi connectivity index (χ1n) is 8.56. The molecule has 0 atom stereocenters. The van der Waals surface area contributed by atoms with Crippen molar-refractivity contribution in [2.45, 2.75) is 6.54 Å². The van der Waals surface area contributed by atoms with E-state index in [4.69, 9.17) is 9.15 Å². The number of fused-ring (bicyclic) bond motifs is 5. The van der Waals surface area contributed by atoms with Crippen molar-refractivity contribution in [2.75, 3.05) is 26.3 Å². The van der Waals surface area contributed by atoms with Gasteiger partial charge in [0, 0.05) is 30.4 Å². The highest BCUT2D eigenvalue weighted by Crippen LogP contribution is 2.31. The van der Waals surface area contributed by atoms with Crippen LogP contribution in [0.25, 0.3) is 32.8 Å². The Morgan fingerprint density at radius 3 is 2.64 bits per heavy atom. The summed E-state index contributed by atoms with van der Waals surface area (Å²) in [4.78, 5) is 17.8. The standard InChI is InChI=1S/C20H18N2O3/c23-20-15-4-2-1-3-14(15)19-18(21-20)16-11-13(5-6-17(16)25-19)12-22-7-9-24-10-8-22/h1-6,11H,7-10,12H2,(H,21,23). The van der Waals surface area contributed by atoms with Gasteiger partial charge >= 0.3 is 0 Å². The first-order chi connectivity index (χ1) is 12.3. The average Bonchev–Trinajstić information content (AvgIpc) is 3.01. The van der Waals surface area contributed by atoms with E-state index in [0.29, 0.717) is 5.39 Å². The average molecular weight is 334 g/mol. The lowest BCUT2D eigenvalue weighted by Crippen LogP contribution is -2.35. The molecule has 0 bridgehead atoms. The van der Waals surface area contributed by atoms with Crippen molar-refractivity contribution < 1.29 is 9.15 Å².